The van der Waals surface area contributed by atoms with Crippen molar-refractivity contribution in [2.75, 3.05) is 31.1 Å². The second-order valence-corrected chi connectivity index (χ2v) is 26.3. The number of nitrogens with one attached hydrogen (secondary N) is 10. The van der Waals surface area contributed by atoms with E-state index in [1.807, 2.05) is 24.3 Å². The number of thioether (sulfide) groups is 2. The van der Waals surface area contributed by atoms with Crippen LogP contribution in [0.15, 0.2) is 110 Å². The van der Waals surface area contributed by atoms with Crippen molar-refractivity contribution >= 4 is 111 Å². The molecule has 0 spiro atoms. The monoisotopic (exact) mass is 1380 g/mol. The van der Waals surface area contributed by atoms with Gasteiger partial charge in [-0.15, -0.1) is 0 Å². The number of aromatic hydroxyl groups is 1. The number of aromatic nitrogens is 6. The summed E-state index contributed by atoms with van der Waals surface area (Å²) in [6, 6.07) is 10.2. The van der Waals surface area contributed by atoms with E-state index < -0.39 is 126 Å². The van der Waals surface area contributed by atoms with Crippen molar-refractivity contribution in [2.45, 2.75) is 131 Å². The summed E-state index contributed by atoms with van der Waals surface area (Å²) in [5, 5.41) is 40.3. The van der Waals surface area contributed by atoms with Crippen LogP contribution in [-0.2, 0) is 89.9 Å². The molecule has 8 atom stereocenters. The smallest absolute Gasteiger partial charge is 0.305 e. The number of benzene rings is 2. The molecule has 1 fully saturated rings. The summed E-state index contributed by atoms with van der Waals surface area (Å²) < 4.78 is 0. The summed E-state index contributed by atoms with van der Waals surface area (Å²) in [5.41, 5.74) is 16.2. The van der Waals surface area contributed by atoms with E-state index >= 15 is 14.4 Å². The minimum Gasteiger partial charge on any atom is -0.508 e. The van der Waals surface area contributed by atoms with E-state index in [2.05, 4.69) is 67.1 Å². The molecule has 16 N–H and O–H groups in total. The Balaban J connectivity index is 1.04. The Kier molecular flexibility index (Phi) is 25.9. The van der Waals surface area contributed by atoms with Crippen molar-refractivity contribution in [2.24, 2.45) is 17.4 Å². The molecule has 2 aromatic carbocycles. The number of hydrogen-bond acceptors (Lipinski definition) is 18. The fourth-order valence-electron chi connectivity index (χ4n) is 11.8. The zero-order chi connectivity index (χ0) is 69.7. The number of fused-ring (bicyclic) bond motifs is 5. The third kappa shape index (κ3) is 20.5. The third-order valence-electron chi connectivity index (χ3n) is 16.9. The lowest BCUT2D eigenvalue weighted by Gasteiger charge is -2.30. The molecule has 29 nitrogen and oxygen atoms in total. The Hall–Kier alpha value is -10.1. The number of phenols is 1. The first-order valence-electron chi connectivity index (χ1n) is 32.2. The summed E-state index contributed by atoms with van der Waals surface area (Å²) in [7, 11) is 0. The standard InChI is InChI=1S/C67H80N16O13S2/c68-18-2-1-11-48-62(91)75-33-57(87)78-49(25-41-30-73-60-46(41)9-4-19-71-60)63(92)79-50(26-42-31-74-61-47(42)10-5-20-72-61)64(93)81-52(29-58(88)89)66(95)80-51(28-44-32-70-37-76-44)65(94)82-53(24-38-13-15-45(84)16-14-38)67(96)83-21-6-12-54(83)55(85)27-43(59(69)90)36-98-35-40-8-3-7-39(23-40)34-97-22-17-56(86)77-48/h3-5,7-10,13-16,19-20,23,30-32,37,43,48-54,84H,1-2,6,11-12,17-18,21-22,24-29,33-36,68H2,(H2,69,90)(H,70,76)(H,71,73)(H,72,74)(H,75,91)(H,77,86)(H,78,87)(H,79,92)(H,80,95)(H,81,93)(H,82,94)(H,88,89)/t43-,48-,49-,50-,51-,52-,53-,54-/m0/s1. The first-order valence-corrected chi connectivity index (χ1v) is 34.5. The number of carbonyl (C=O) groups excluding carboxylic acids is 10. The Morgan fingerprint density at radius 3 is 1.87 bits per heavy atom. The van der Waals surface area contributed by atoms with E-state index in [1.165, 1.54) is 71.4 Å². The molecule has 7 aromatic rings. The molecule has 5 aromatic heterocycles. The van der Waals surface area contributed by atoms with Crippen molar-refractivity contribution in [3.8, 4) is 5.75 Å². The van der Waals surface area contributed by atoms with Crippen LogP contribution in [0.25, 0.3) is 22.1 Å². The predicted molar refractivity (Wildman–Crippen MR) is 364 cm³/mol. The van der Waals surface area contributed by atoms with Crippen LogP contribution in [0.5, 0.6) is 5.75 Å². The van der Waals surface area contributed by atoms with Crippen LogP contribution in [0.4, 0.5) is 0 Å². The van der Waals surface area contributed by atoms with E-state index in [9.17, 15) is 48.6 Å². The summed E-state index contributed by atoms with van der Waals surface area (Å²) in [6.07, 6.45) is 8.46. The number of rotatable bonds is 15. The van der Waals surface area contributed by atoms with E-state index in [0.717, 1.165) is 11.1 Å². The number of hydrogen-bond donors (Lipinski definition) is 14. The number of imidazole rings is 1. The Labute approximate surface area is 571 Å². The zero-order valence-corrected chi connectivity index (χ0v) is 55.2. The van der Waals surface area contributed by atoms with E-state index in [-0.39, 0.29) is 69.4 Å². The number of Topliss-reactive ketones (excluding diaryl/α,β-unsaturated/α-hetero) is 1. The van der Waals surface area contributed by atoms with Gasteiger partial charge in [0, 0.05) is 116 Å². The fraction of sp³-hybridized carbons (Fsp3) is 0.403. The highest BCUT2D eigenvalue weighted by atomic mass is 32.2. The van der Waals surface area contributed by atoms with Gasteiger partial charge in [0.15, 0.2) is 5.78 Å². The van der Waals surface area contributed by atoms with Gasteiger partial charge >= 0.3 is 5.97 Å². The van der Waals surface area contributed by atoms with Crippen LogP contribution in [0, 0.1) is 5.92 Å². The lowest BCUT2D eigenvalue weighted by molar-refractivity contribution is -0.142. The Morgan fingerprint density at radius 2 is 1.24 bits per heavy atom. The molecule has 9 amide bonds. The highest BCUT2D eigenvalue weighted by molar-refractivity contribution is 7.98. The number of primary amides is 1. The highest BCUT2D eigenvalue weighted by Gasteiger charge is 2.41. The van der Waals surface area contributed by atoms with Crippen LogP contribution in [-0.4, -0.2) is 183 Å². The molecule has 98 heavy (non-hydrogen) atoms. The fourth-order valence-corrected chi connectivity index (χ4v) is 13.8. The van der Waals surface area contributed by atoms with E-state index in [1.54, 1.807) is 42.9 Å². The molecule has 2 aliphatic heterocycles. The number of nitrogens with zero attached hydrogens (tertiary/aromatic N) is 4. The zero-order valence-electron chi connectivity index (χ0n) is 53.6. The number of aromatic amines is 3. The van der Waals surface area contributed by atoms with Gasteiger partial charge in [0.1, 0.15) is 53.3 Å². The number of carboxylic acid groups (broad SMARTS) is 1. The number of pyridine rings is 2. The number of carbonyl (C=O) groups is 11. The molecule has 9 rings (SSSR count). The van der Waals surface area contributed by atoms with Gasteiger partial charge in [-0.2, -0.15) is 23.5 Å². The van der Waals surface area contributed by atoms with Gasteiger partial charge in [0.05, 0.1) is 31.3 Å². The van der Waals surface area contributed by atoms with Crippen molar-refractivity contribution < 1.29 is 63.0 Å². The average molecular weight is 1380 g/mol. The Morgan fingerprint density at radius 1 is 0.643 bits per heavy atom. The van der Waals surface area contributed by atoms with Gasteiger partial charge in [-0.3, -0.25) is 52.7 Å². The van der Waals surface area contributed by atoms with Crippen molar-refractivity contribution in [3.05, 3.63) is 144 Å². The predicted octanol–water partition coefficient (Wildman–Crippen LogP) is 1.39. The van der Waals surface area contributed by atoms with E-state index in [0.29, 0.717) is 87.5 Å². The number of unbranched alkanes of at least 4 members (excludes halogenated alkanes) is 1. The maximum Gasteiger partial charge on any atom is 0.305 e. The number of amides is 9. The molecule has 0 saturated carbocycles. The van der Waals surface area contributed by atoms with Crippen LogP contribution in [0.2, 0.25) is 0 Å². The highest BCUT2D eigenvalue weighted by Crippen LogP contribution is 2.27. The third-order valence-corrected chi connectivity index (χ3v) is 19.1. The van der Waals surface area contributed by atoms with Gasteiger partial charge < -0.3 is 78.7 Å². The minimum absolute atomic E-state index is 0.0508. The molecule has 31 heteroatoms. The number of H-pyrrole nitrogens is 3. The molecule has 0 unspecified atom stereocenters. The van der Waals surface area contributed by atoms with Crippen molar-refractivity contribution in [3.63, 3.8) is 0 Å². The molecule has 1 saturated heterocycles. The summed E-state index contributed by atoms with van der Waals surface area (Å²) >= 11 is 2.90. The SMILES string of the molecule is NCCCC[C@@H]1NC(=O)CCSCc2cccc(c2)CSC[C@@H](C(N)=O)CC(=O)[C@@H]2CCCN2C(=O)[C@H](Cc2ccc(O)cc2)NC(=O)[C@H](Cc2cnc[nH]2)NC(=O)[C@H](CC(=O)O)NC(=O)[C@H](Cc2c[nH]c3ncccc23)NC(=O)[C@H](Cc2c[nH]c3ncccc23)NC(=O)CNC1=O. The van der Waals surface area contributed by atoms with Gasteiger partial charge in [0.25, 0.3) is 0 Å². The number of aliphatic carboxylic acids is 1. The number of ketones is 1. The van der Waals surface area contributed by atoms with Crippen molar-refractivity contribution in [1.82, 2.24) is 72.0 Å². The Bertz CT molecular complexity index is 3980. The summed E-state index contributed by atoms with van der Waals surface area (Å²) in [6.45, 7) is -0.231. The molecule has 518 valence electrons. The first-order chi connectivity index (χ1) is 47.3. The van der Waals surface area contributed by atoms with Crippen LogP contribution in [0.3, 0.4) is 0 Å². The maximum absolute atomic E-state index is 15.0. The number of phenolic OH excluding ortho intramolecular Hbond substituents is 1. The average Bonchev–Trinajstić information content (AvgIpc) is 1.61. The molecule has 2 aliphatic rings. The minimum atomic E-state index is -1.96. The molecule has 7 heterocycles. The van der Waals surface area contributed by atoms with Gasteiger partial charge in [-0.25, -0.2) is 15.0 Å². The topological polar surface area (TPSA) is 454 Å². The second-order valence-electron chi connectivity index (χ2n) is 24.2. The van der Waals surface area contributed by atoms with Gasteiger partial charge in [-0.1, -0.05) is 36.4 Å². The van der Waals surface area contributed by atoms with Crippen LogP contribution >= 0.6 is 23.5 Å². The molecular formula is C67H80N16O13S2. The lowest BCUT2D eigenvalue weighted by atomic mass is 9.97. The molecule has 0 radical (unpaired) electrons. The molecule has 0 aliphatic carbocycles. The largest absolute Gasteiger partial charge is 0.508 e. The van der Waals surface area contributed by atoms with Gasteiger partial charge in [0.2, 0.25) is 53.2 Å². The number of carboxylic acids is 1. The van der Waals surface area contributed by atoms with E-state index in [4.69, 9.17) is 11.5 Å². The lowest BCUT2D eigenvalue weighted by Crippen LogP contribution is -2.61. The summed E-state index contributed by atoms with van der Waals surface area (Å²) in [4.78, 5) is 179. The second kappa shape index (κ2) is 35.2. The molecule has 2 bridgehead atoms. The van der Waals surface area contributed by atoms with Crippen molar-refractivity contribution in [1.29, 1.82) is 0 Å². The maximum atomic E-state index is 15.0. The van der Waals surface area contributed by atoms with Gasteiger partial charge in [-0.05, 0) is 103 Å². The van der Waals surface area contributed by atoms with Crippen LogP contribution < -0.4 is 48.7 Å². The van der Waals surface area contributed by atoms with Crippen LogP contribution in [0.1, 0.15) is 84.9 Å². The first kappa shape index (κ1) is 72.1. The summed E-state index contributed by atoms with van der Waals surface area (Å²) in [5.74, 6) is -8.84. The quantitative estimate of drug-likeness (QED) is 0.0645. The normalized spacial score (nSPS) is 22.3. The molecular weight excluding hydrogens is 1300 g/mol. The number of nitrogens with two attached hydrogens (primary N) is 2.